The quantitative estimate of drug-likeness (QED) is 0.547. The van der Waals surface area contributed by atoms with Crippen molar-refractivity contribution >= 4 is 11.9 Å². The van der Waals surface area contributed by atoms with E-state index in [1.165, 1.54) is 17.7 Å². The average molecular weight is 402 g/mol. The van der Waals surface area contributed by atoms with Gasteiger partial charge in [-0.3, -0.25) is 4.79 Å². The zero-order valence-corrected chi connectivity index (χ0v) is 18.3. The van der Waals surface area contributed by atoms with E-state index < -0.39 is 17.7 Å². The number of carbonyl (C=O) groups is 2. The van der Waals surface area contributed by atoms with Gasteiger partial charge < -0.3 is 15.2 Å². The summed E-state index contributed by atoms with van der Waals surface area (Å²) < 4.78 is 6.04. The molecular weight excluding hydrogens is 366 g/mol. The number of hydrogen-bond donors (Lipinski definition) is 2. The van der Waals surface area contributed by atoms with E-state index in [2.05, 4.69) is 52.1 Å². The molecule has 0 bridgehead atoms. The predicted molar refractivity (Wildman–Crippen MR) is 113 cm³/mol. The second-order valence-electron chi connectivity index (χ2n) is 9.51. The molecular formula is C24H35NO4. The normalized spacial score (nSPS) is 41.0. The van der Waals surface area contributed by atoms with Gasteiger partial charge in [0.2, 0.25) is 5.60 Å². The molecule has 1 fully saturated rings. The molecule has 3 rings (SSSR count). The van der Waals surface area contributed by atoms with Gasteiger partial charge in [-0.15, -0.1) is 0 Å². The summed E-state index contributed by atoms with van der Waals surface area (Å²) in [5.74, 6) is -0.632. The molecule has 3 aliphatic rings. The Balaban J connectivity index is 2.13. The fourth-order valence-corrected chi connectivity index (χ4v) is 5.29. The van der Waals surface area contributed by atoms with E-state index in [0.717, 1.165) is 24.8 Å². The minimum absolute atomic E-state index is 0.0346. The van der Waals surface area contributed by atoms with Crippen molar-refractivity contribution in [1.82, 2.24) is 5.32 Å². The smallest absolute Gasteiger partial charge is 0.331 e. The summed E-state index contributed by atoms with van der Waals surface area (Å²) in [6, 6.07) is -0.0346. The van der Waals surface area contributed by atoms with Crippen molar-refractivity contribution in [1.29, 1.82) is 0 Å². The van der Waals surface area contributed by atoms with Gasteiger partial charge in [0.1, 0.15) is 0 Å². The van der Waals surface area contributed by atoms with Crippen LogP contribution in [-0.2, 0) is 14.3 Å². The molecule has 2 aliphatic heterocycles. The lowest BCUT2D eigenvalue weighted by molar-refractivity contribution is -0.172. The Kier molecular flexibility index (Phi) is 6.37. The van der Waals surface area contributed by atoms with Crippen LogP contribution in [0.25, 0.3) is 0 Å². The van der Waals surface area contributed by atoms with Crippen LogP contribution in [-0.4, -0.2) is 34.7 Å². The van der Waals surface area contributed by atoms with Crippen LogP contribution in [0.1, 0.15) is 60.3 Å². The molecule has 5 heteroatoms. The van der Waals surface area contributed by atoms with Crippen LogP contribution in [0.15, 0.2) is 35.5 Å². The van der Waals surface area contributed by atoms with Crippen LogP contribution in [0, 0.1) is 23.7 Å². The summed E-state index contributed by atoms with van der Waals surface area (Å²) in [5, 5.41) is 13.3. The van der Waals surface area contributed by atoms with Crippen LogP contribution >= 0.6 is 0 Å². The van der Waals surface area contributed by atoms with Crippen molar-refractivity contribution in [3.63, 3.8) is 0 Å². The Bertz CT molecular complexity index is 750. The van der Waals surface area contributed by atoms with Gasteiger partial charge in [-0.1, -0.05) is 44.1 Å². The molecule has 0 unspecified atom stereocenters. The highest BCUT2D eigenvalue weighted by molar-refractivity contribution is 5.94. The van der Waals surface area contributed by atoms with Crippen LogP contribution in [0.4, 0.5) is 0 Å². The van der Waals surface area contributed by atoms with E-state index in [1.54, 1.807) is 0 Å². The second kappa shape index (κ2) is 8.47. The molecule has 0 saturated carbocycles. The third-order valence-electron chi connectivity index (χ3n) is 6.78. The first-order chi connectivity index (χ1) is 13.6. The molecule has 5 nitrogen and oxygen atoms in total. The number of hydrogen-bond acceptors (Lipinski definition) is 4. The van der Waals surface area contributed by atoms with E-state index in [-0.39, 0.29) is 29.7 Å². The Morgan fingerprint density at radius 1 is 1.28 bits per heavy atom. The first-order valence-corrected chi connectivity index (χ1v) is 10.9. The van der Waals surface area contributed by atoms with Crippen molar-refractivity contribution in [2.45, 2.75) is 78.0 Å². The first kappa shape index (κ1) is 21.8. The summed E-state index contributed by atoms with van der Waals surface area (Å²) >= 11 is 0. The SMILES string of the molecule is CC1=C[C@@H]2/C=C(\C)CCC[C@H](O)/C=C/C(=O)O[C@]23C(=O)N[C@@H](CC(C)C)[C@@H]3[C@H]1C. The molecule has 0 aromatic heterocycles. The van der Waals surface area contributed by atoms with E-state index in [0.29, 0.717) is 12.3 Å². The molecule has 1 amide bonds. The number of aliphatic hydroxyl groups excluding tert-OH is 1. The molecule has 2 N–H and O–H groups in total. The topological polar surface area (TPSA) is 75.6 Å². The van der Waals surface area contributed by atoms with Crippen molar-refractivity contribution in [3.05, 3.63) is 35.5 Å². The van der Waals surface area contributed by atoms with E-state index in [4.69, 9.17) is 4.74 Å². The minimum atomic E-state index is -1.24. The Hall–Kier alpha value is -1.88. The maximum absolute atomic E-state index is 13.4. The van der Waals surface area contributed by atoms with E-state index >= 15 is 0 Å². The van der Waals surface area contributed by atoms with Crippen LogP contribution in [0.5, 0.6) is 0 Å². The fourth-order valence-electron chi connectivity index (χ4n) is 5.29. The zero-order chi connectivity index (χ0) is 21.3. The number of aliphatic hydroxyl groups is 1. The monoisotopic (exact) mass is 401 g/mol. The molecule has 0 aromatic carbocycles. The van der Waals surface area contributed by atoms with Crippen molar-refractivity contribution in [2.24, 2.45) is 23.7 Å². The number of carbonyl (C=O) groups excluding carboxylic acids is 2. The maximum atomic E-state index is 13.4. The summed E-state index contributed by atoms with van der Waals surface area (Å²) in [6.45, 7) is 10.6. The lowest BCUT2D eigenvalue weighted by atomic mass is 9.63. The van der Waals surface area contributed by atoms with Gasteiger partial charge in [-0.05, 0) is 57.4 Å². The van der Waals surface area contributed by atoms with Crippen LogP contribution in [0.2, 0.25) is 0 Å². The third kappa shape index (κ3) is 4.20. The number of rotatable bonds is 2. The van der Waals surface area contributed by atoms with Crippen molar-refractivity contribution in [2.75, 3.05) is 0 Å². The molecule has 0 radical (unpaired) electrons. The minimum Gasteiger partial charge on any atom is -0.444 e. The van der Waals surface area contributed by atoms with Gasteiger partial charge in [-0.2, -0.15) is 0 Å². The predicted octanol–water partition coefficient (Wildman–Crippen LogP) is 3.69. The number of ether oxygens (including phenoxy) is 1. The van der Waals surface area contributed by atoms with Gasteiger partial charge in [0, 0.05) is 24.0 Å². The van der Waals surface area contributed by atoms with Gasteiger partial charge in [0.25, 0.3) is 5.91 Å². The number of esters is 1. The molecule has 29 heavy (non-hydrogen) atoms. The van der Waals surface area contributed by atoms with E-state index in [9.17, 15) is 14.7 Å². The second-order valence-corrected chi connectivity index (χ2v) is 9.51. The molecule has 1 spiro atoms. The number of allylic oxidation sites excluding steroid dienone is 2. The van der Waals surface area contributed by atoms with Crippen LogP contribution < -0.4 is 5.32 Å². The molecule has 1 saturated heterocycles. The first-order valence-electron chi connectivity index (χ1n) is 10.9. The Morgan fingerprint density at radius 3 is 2.69 bits per heavy atom. The van der Waals surface area contributed by atoms with Crippen LogP contribution in [0.3, 0.4) is 0 Å². The number of amides is 1. The van der Waals surface area contributed by atoms with Crippen molar-refractivity contribution < 1.29 is 19.4 Å². The average Bonchev–Trinajstić information content (AvgIpc) is 2.89. The maximum Gasteiger partial charge on any atom is 0.331 e. The van der Waals surface area contributed by atoms with Gasteiger partial charge in [0.05, 0.1) is 6.10 Å². The molecule has 6 atom stereocenters. The molecule has 160 valence electrons. The van der Waals surface area contributed by atoms with Crippen molar-refractivity contribution in [3.8, 4) is 0 Å². The zero-order valence-electron chi connectivity index (χ0n) is 18.3. The highest BCUT2D eigenvalue weighted by atomic mass is 16.6. The summed E-state index contributed by atoms with van der Waals surface area (Å²) in [6.07, 6.45) is 9.40. The summed E-state index contributed by atoms with van der Waals surface area (Å²) in [5.41, 5.74) is 1.14. The molecule has 2 heterocycles. The van der Waals surface area contributed by atoms with E-state index in [1.807, 2.05) is 0 Å². The summed E-state index contributed by atoms with van der Waals surface area (Å²) in [7, 11) is 0. The largest absolute Gasteiger partial charge is 0.444 e. The summed E-state index contributed by atoms with van der Waals surface area (Å²) in [4.78, 5) is 26.2. The molecule has 1 aliphatic carbocycles. The Labute approximate surface area is 174 Å². The van der Waals surface area contributed by atoms with Gasteiger partial charge in [0.15, 0.2) is 0 Å². The van der Waals surface area contributed by atoms with Gasteiger partial charge >= 0.3 is 5.97 Å². The molecule has 0 aromatic rings. The lowest BCUT2D eigenvalue weighted by Crippen LogP contribution is -2.56. The fraction of sp³-hybridized carbons (Fsp3) is 0.667. The highest BCUT2D eigenvalue weighted by Crippen LogP contribution is 2.50. The third-order valence-corrected chi connectivity index (χ3v) is 6.78. The Morgan fingerprint density at radius 2 is 2.00 bits per heavy atom. The number of nitrogens with one attached hydrogen (secondary N) is 1. The van der Waals surface area contributed by atoms with Gasteiger partial charge in [-0.25, -0.2) is 4.79 Å². The lowest BCUT2D eigenvalue weighted by Gasteiger charge is -2.45. The highest BCUT2D eigenvalue weighted by Gasteiger charge is 2.64. The standard InChI is InChI=1S/C24H35NO4/c1-14(2)11-20-22-17(5)16(4)13-18-12-15(3)7-6-8-19(26)9-10-21(27)29-24(18,22)23(28)25-20/h9-10,12-14,17-20,22,26H,6-8,11H2,1-5H3,(H,25,28)/b10-9+,15-12+/t17-,18-,19-,20-,22-,24+/m0/s1.